The third kappa shape index (κ3) is 4.75. The molecule has 0 atom stereocenters. The molecule has 0 saturated heterocycles. The highest BCUT2D eigenvalue weighted by Crippen LogP contribution is 2.27. The monoisotopic (exact) mass is 548 g/mol. The number of rotatable bonds is 6. The summed E-state index contributed by atoms with van der Waals surface area (Å²) >= 11 is 9.13. The number of halogens is 2. The fraction of sp³-hybridized carbons (Fsp3) is 0.0476. The van der Waals surface area contributed by atoms with Crippen LogP contribution < -0.4 is 4.72 Å². The molecule has 0 bridgehead atoms. The molecule has 1 aromatic heterocycles. The number of hydrogen-bond acceptors (Lipinski definition) is 6. The first kappa shape index (κ1) is 22.9. The van der Waals surface area contributed by atoms with Crippen molar-refractivity contribution >= 4 is 60.1 Å². The standard InChI is InChI=1S/C21H14BrClN4O5S/c22-14-7-5-13(6-8-14)12-26-18-4-2-1-3-16(18)20(24-26)21(28)25-33(31,32)15-9-10-17(23)19(11-15)27(29)30/h1-11H,12H2,(H,25,28). The van der Waals surface area contributed by atoms with Crippen LogP contribution in [0.3, 0.4) is 0 Å². The maximum Gasteiger partial charge on any atom is 0.289 e. The van der Waals surface area contributed by atoms with E-state index < -0.39 is 31.4 Å². The Bertz CT molecular complexity index is 1500. The Morgan fingerprint density at radius 1 is 1.12 bits per heavy atom. The minimum atomic E-state index is -4.42. The zero-order chi connectivity index (χ0) is 23.8. The lowest BCUT2D eigenvalue weighted by Gasteiger charge is -2.06. The second-order valence-corrected chi connectivity index (χ2v) is 9.96. The van der Waals surface area contributed by atoms with Gasteiger partial charge >= 0.3 is 0 Å². The number of carbonyl (C=O) groups excluding carboxylic acids is 1. The second-order valence-electron chi connectivity index (χ2n) is 6.95. The highest BCUT2D eigenvalue weighted by molar-refractivity contribution is 9.10. The Morgan fingerprint density at radius 2 is 1.82 bits per heavy atom. The van der Waals surface area contributed by atoms with Gasteiger partial charge in [0.05, 0.1) is 21.9 Å². The molecule has 1 amide bonds. The first-order valence-corrected chi connectivity index (χ1v) is 12.0. The number of sulfonamides is 1. The summed E-state index contributed by atoms with van der Waals surface area (Å²) in [5.74, 6) is -0.960. The van der Waals surface area contributed by atoms with E-state index in [1.807, 2.05) is 29.0 Å². The van der Waals surface area contributed by atoms with Crippen LogP contribution in [0.25, 0.3) is 10.9 Å². The number of nitro groups is 1. The number of hydrogen-bond donors (Lipinski definition) is 1. The average Bonchev–Trinajstić information content (AvgIpc) is 3.14. The average molecular weight is 550 g/mol. The molecular formula is C21H14BrClN4O5S. The molecule has 0 aliphatic rings. The predicted octanol–water partition coefficient (Wildman–Crippen LogP) is 4.53. The number of aromatic nitrogens is 2. The highest BCUT2D eigenvalue weighted by atomic mass is 79.9. The molecule has 9 nitrogen and oxygen atoms in total. The van der Waals surface area contributed by atoms with E-state index in [-0.39, 0.29) is 10.7 Å². The Hall–Kier alpha value is -3.28. The third-order valence-electron chi connectivity index (χ3n) is 4.77. The zero-order valence-corrected chi connectivity index (χ0v) is 19.8. The van der Waals surface area contributed by atoms with Crippen LogP contribution >= 0.6 is 27.5 Å². The third-order valence-corrected chi connectivity index (χ3v) is 6.95. The number of para-hydroxylation sites is 1. The number of nitrogens with one attached hydrogen (secondary N) is 1. The lowest BCUT2D eigenvalue weighted by molar-refractivity contribution is -0.384. The van der Waals surface area contributed by atoms with E-state index in [9.17, 15) is 23.3 Å². The number of benzene rings is 3. The summed E-state index contributed by atoms with van der Waals surface area (Å²) in [5, 5.41) is 15.7. The Balaban J connectivity index is 1.68. The lowest BCUT2D eigenvalue weighted by Crippen LogP contribution is -2.31. The second kappa shape index (κ2) is 8.93. The largest absolute Gasteiger partial charge is 0.289 e. The van der Waals surface area contributed by atoms with Crippen LogP contribution in [0.4, 0.5) is 5.69 Å². The van der Waals surface area contributed by atoms with Gasteiger partial charge in [0, 0.05) is 15.9 Å². The Morgan fingerprint density at radius 3 is 2.52 bits per heavy atom. The number of nitro benzene ring substituents is 1. The van der Waals surface area contributed by atoms with Crippen molar-refractivity contribution in [3.05, 3.63) is 97.6 Å². The summed E-state index contributed by atoms with van der Waals surface area (Å²) in [7, 11) is -4.42. The van der Waals surface area contributed by atoms with Crippen LogP contribution in [0.1, 0.15) is 16.1 Å². The number of carbonyl (C=O) groups is 1. The van der Waals surface area contributed by atoms with Crippen LogP contribution in [-0.4, -0.2) is 29.0 Å². The van der Waals surface area contributed by atoms with E-state index in [0.29, 0.717) is 17.4 Å². The van der Waals surface area contributed by atoms with Crippen molar-refractivity contribution in [1.82, 2.24) is 14.5 Å². The summed E-state index contributed by atoms with van der Waals surface area (Å²) in [5.41, 5.74) is 0.899. The molecule has 12 heteroatoms. The van der Waals surface area contributed by atoms with Crippen LogP contribution in [0.15, 0.2) is 76.1 Å². The van der Waals surface area contributed by atoms with E-state index >= 15 is 0 Å². The van der Waals surface area contributed by atoms with Crippen molar-refractivity contribution in [3.63, 3.8) is 0 Å². The van der Waals surface area contributed by atoms with Crippen LogP contribution in [0, 0.1) is 10.1 Å². The number of fused-ring (bicyclic) bond motifs is 1. The molecule has 0 radical (unpaired) electrons. The van der Waals surface area contributed by atoms with Crippen molar-refractivity contribution < 1.29 is 18.1 Å². The Kier molecular flexibility index (Phi) is 6.19. The number of nitrogens with zero attached hydrogens (tertiary/aromatic N) is 3. The smallest absolute Gasteiger partial charge is 0.266 e. The summed E-state index contributed by atoms with van der Waals surface area (Å²) < 4.78 is 29.9. The quantitative estimate of drug-likeness (QED) is 0.278. The highest BCUT2D eigenvalue weighted by Gasteiger charge is 2.26. The van der Waals surface area contributed by atoms with Gasteiger partial charge in [-0.2, -0.15) is 5.10 Å². The Labute approximate surface area is 201 Å². The van der Waals surface area contributed by atoms with Crippen molar-refractivity contribution in [2.75, 3.05) is 0 Å². The summed E-state index contributed by atoms with van der Waals surface area (Å²) in [4.78, 5) is 22.7. The van der Waals surface area contributed by atoms with E-state index in [1.165, 1.54) is 0 Å². The van der Waals surface area contributed by atoms with Gasteiger partial charge in [0.1, 0.15) is 5.02 Å². The van der Waals surface area contributed by atoms with Gasteiger partial charge in [0.25, 0.3) is 21.6 Å². The van der Waals surface area contributed by atoms with Gasteiger partial charge < -0.3 is 0 Å². The van der Waals surface area contributed by atoms with Crippen molar-refractivity contribution in [2.24, 2.45) is 0 Å². The molecule has 0 fully saturated rings. The molecular weight excluding hydrogens is 536 g/mol. The zero-order valence-electron chi connectivity index (χ0n) is 16.6. The van der Waals surface area contributed by atoms with Gasteiger partial charge in [-0.25, -0.2) is 13.1 Å². The fourth-order valence-electron chi connectivity index (χ4n) is 3.21. The van der Waals surface area contributed by atoms with E-state index in [0.717, 1.165) is 28.2 Å². The van der Waals surface area contributed by atoms with Gasteiger partial charge in [0.2, 0.25) is 0 Å². The molecule has 168 valence electrons. The topological polar surface area (TPSA) is 124 Å². The van der Waals surface area contributed by atoms with Crippen molar-refractivity contribution in [1.29, 1.82) is 0 Å². The molecule has 0 spiro atoms. The summed E-state index contributed by atoms with van der Waals surface area (Å²) in [6.45, 7) is 0.358. The SMILES string of the molecule is O=C(NS(=O)(=O)c1ccc(Cl)c([N+](=O)[O-])c1)c1nn(Cc2ccc(Br)cc2)c2ccccc12. The lowest BCUT2D eigenvalue weighted by atomic mass is 10.2. The number of amides is 1. The summed E-state index contributed by atoms with van der Waals surface area (Å²) in [6.07, 6.45) is 0. The fourth-order valence-corrected chi connectivity index (χ4v) is 4.63. The summed E-state index contributed by atoms with van der Waals surface area (Å²) in [6, 6.07) is 17.5. The molecule has 3 aromatic carbocycles. The van der Waals surface area contributed by atoms with Crippen LogP contribution in [0.5, 0.6) is 0 Å². The minimum Gasteiger partial charge on any atom is -0.266 e. The molecule has 4 aromatic rings. The van der Waals surface area contributed by atoms with E-state index in [1.54, 1.807) is 28.9 Å². The normalized spacial score (nSPS) is 11.5. The maximum absolute atomic E-state index is 12.9. The first-order valence-electron chi connectivity index (χ1n) is 9.37. The van der Waals surface area contributed by atoms with Crippen LogP contribution in [-0.2, 0) is 16.6 Å². The van der Waals surface area contributed by atoms with Gasteiger partial charge in [-0.05, 0) is 35.9 Å². The van der Waals surface area contributed by atoms with Gasteiger partial charge in [0.15, 0.2) is 5.69 Å². The van der Waals surface area contributed by atoms with Crippen molar-refractivity contribution in [3.8, 4) is 0 Å². The first-order chi connectivity index (χ1) is 15.7. The van der Waals surface area contributed by atoms with Gasteiger partial charge in [-0.15, -0.1) is 0 Å². The van der Waals surface area contributed by atoms with Crippen molar-refractivity contribution in [2.45, 2.75) is 11.4 Å². The molecule has 1 N–H and O–H groups in total. The molecule has 0 aliphatic heterocycles. The van der Waals surface area contributed by atoms with Gasteiger partial charge in [-0.1, -0.05) is 57.9 Å². The van der Waals surface area contributed by atoms with E-state index in [4.69, 9.17) is 11.6 Å². The molecule has 0 aliphatic carbocycles. The molecule has 4 rings (SSSR count). The molecule has 1 heterocycles. The van der Waals surface area contributed by atoms with Crippen LogP contribution in [0.2, 0.25) is 5.02 Å². The maximum atomic E-state index is 12.9. The molecule has 0 unspecified atom stereocenters. The molecule has 0 saturated carbocycles. The van der Waals surface area contributed by atoms with E-state index in [2.05, 4.69) is 21.0 Å². The predicted molar refractivity (Wildman–Crippen MR) is 126 cm³/mol. The van der Waals surface area contributed by atoms with Gasteiger partial charge in [-0.3, -0.25) is 19.6 Å². The molecule has 33 heavy (non-hydrogen) atoms. The minimum absolute atomic E-state index is 0.0882.